The Morgan fingerprint density at radius 2 is 1.48 bits per heavy atom. The monoisotopic (exact) mass is 877 g/mol. The third-order valence-corrected chi connectivity index (χ3v) is 13.0. The topological polar surface area (TPSA) is 193 Å². The summed E-state index contributed by atoms with van der Waals surface area (Å²) in [4.78, 5) is 70.8. The zero-order valence-electron chi connectivity index (χ0n) is 36.6. The van der Waals surface area contributed by atoms with Gasteiger partial charge < -0.3 is 44.0 Å². The van der Waals surface area contributed by atoms with E-state index in [1.54, 1.807) is 119 Å². The van der Waals surface area contributed by atoms with Crippen LogP contribution in [0.25, 0.3) is 0 Å². The minimum Gasteiger partial charge on any atom is -0.489 e. The lowest BCUT2D eigenvalue weighted by Crippen LogP contribution is -2.73. The second kappa shape index (κ2) is 19.0. The average Bonchev–Trinajstić information content (AvgIpc) is 3.27. The molecule has 1 amide bonds. The highest BCUT2D eigenvalue weighted by Crippen LogP contribution is 2.58. The van der Waals surface area contributed by atoms with Gasteiger partial charge in [-0.25, -0.2) is 9.59 Å². The lowest BCUT2D eigenvalue weighted by molar-refractivity contribution is -0.296. The molecule has 0 radical (unpaired) electrons. The van der Waals surface area contributed by atoms with Crippen molar-refractivity contribution in [1.29, 1.82) is 0 Å². The van der Waals surface area contributed by atoms with Gasteiger partial charge >= 0.3 is 17.9 Å². The second-order valence-electron chi connectivity index (χ2n) is 17.2. The molecule has 3 aromatic carbocycles. The molecule has 14 nitrogen and oxygen atoms in total. The first-order chi connectivity index (χ1) is 30.6. The molecule has 0 aromatic heterocycles. The van der Waals surface area contributed by atoms with E-state index in [2.05, 4.69) is 5.32 Å². The van der Waals surface area contributed by atoms with Gasteiger partial charge in [0.25, 0.3) is 5.91 Å². The van der Waals surface area contributed by atoms with Crippen LogP contribution in [-0.2, 0) is 42.8 Å². The van der Waals surface area contributed by atoms with Crippen LogP contribution >= 0.6 is 0 Å². The number of allylic oxidation sites excluding steroid dienone is 1. The molecule has 2 heterocycles. The Hall–Kier alpha value is -5.93. The second-order valence-corrected chi connectivity index (χ2v) is 17.2. The summed E-state index contributed by atoms with van der Waals surface area (Å²) < 4.78 is 37.3. The molecule has 64 heavy (non-hydrogen) atoms. The van der Waals surface area contributed by atoms with Gasteiger partial charge in [0, 0.05) is 42.9 Å². The number of amides is 1. The Labute approximate surface area is 372 Å². The summed E-state index contributed by atoms with van der Waals surface area (Å²) in [5.41, 5.74) is -4.08. The molecule has 14 heteroatoms. The number of carbonyl (C=O) groups is 5. The number of rotatable bonds is 9. The lowest BCUT2D eigenvalue weighted by atomic mass is 9.53. The molecular weight excluding hydrogens is 823 g/mol. The van der Waals surface area contributed by atoms with Crippen molar-refractivity contribution in [2.45, 2.75) is 95.5 Å². The van der Waals surface area contributed by atoms with Crippen LogP contribution in [0.1, 0.15) is 86.2 Å². The Morgan fingerprint density at radius 3 is 2.11 bits per heavy atom. The molecule has 1 saturated heterocycles. The van der Waals surface area contributed by atoms with Crippen LogP contribution in [0.3, 0.4) is 0 Å². The molecule has 0 spiro atoms. The molecular formula is C50H55NO13. The van der Waals surface area contributed by atoms with Crippen molar-refractivity contribution in [1.82, 2.24) is 5.32 Å². The molecule has 0 saturated carbocycles. The summed E-state index contributed by atoms with van der Waals surface area (Å²) in [6.45, 7) is 8.08. The number of hydrogen-bond acceptors (Lipinski definition) is 13. The van der Waals surface area contributed by atoms with Gasteiger partial charge in [-0.1, -0.05) is 92.7 Å². The summed E-state index contributed by atoms with van der Waals surface area (Å²) in [6, 6.07) is 23.6. The van der Waals surface area contributed by atoms with Crippen molar-refractivity contribution < 1.29 is 62.6 Å². The van der Waals surface area contributed by atoms with Gasteiger partial charge in [0.05, 0.1) is 37.3 Å². The summed E-state index contributed by atoms with van der Waals surface area (Å²) in [5, 5.41) is 28.3. The zero-order chi connectivity index (χ0) is 45.8. The third-order valence-electron chi connectivity index (χ3n) is 13.0. The average molecular weight is 878 g/mol. The quantitative estimate of drug-likeness (QED) is 0.135. The largest absolute Gasteiger partial charge is 0.489 e. The molecule has 7 rings (SSSR count). The number of ketones is 1. The molecule has 3 N–H and O–H groups in total. The number of nitrogens with one attached hydrogen (secondary N) is 1. The SMILES string of the molecule is CC(=O)O[C@@]12CO[C@@H]1CCOC/C=C\CCOC1=C(C)[C@@H]2[C@H](OC(=O)c2ccccc2)[C@]2(O)C[C@H](OC(=O)[C@H](O)[C@@H](NC(=O)c3ccccc3)c3ccccc3)C(C)=C(C1=O)C2(C)C. The van der Waals surface area contributed by atoms with E-state index in [1.807, 2.05) is 12.2 Å². The standard InChI is InChI=1S/C50H55NO13/c1-30-36(62-47(57)42(54)40(33-18-10-6-11-19-33)51-45(55)34-20-12-7-13-21-34)28-50(58)44(63-46(56)35-22-14-8-15-23-35)39-31(2)43(41(53)38(30)48(50,4)5)60-26-17-9-16-25-59-27-24-37-49(39,29-61-37)64-32(3)52/h6-16,18-23,36-37,39-40,42,44,54,58H,17,24-29H2,1-5H3,(H,51,55)/b16-9-,43-31?/t36-,37+,39+,40-,42+,44-,49-,50+/m0/s1. The van der Waals surface area contributed by atoms with Crippen molar-refractivity contribution in [2.24, 2.45) is 11.3 Å². The van der Waals surface area contributed by atoms with Crippen LogP contribution in [0.15, 0.2) is 126 Å². The maximum atomic E-state index is 15.4. The Morgan fingerprint density at radius 1 is 0.844 bits per heavy atom. The highest BCUT2D eigenvalue weighted by molar-refractivity contribution is 6.09. The van der Waals surface area contributed by atoms with Gasteiger partial charge in [0.15, 0.2) is 17.5 Å². The van der Waals surface area contributed by atoms with Crippen molar-refractivity contribution in [3.8, 4) is 0 Å². The summed E-state index contributed by atoms with van der Waals surface area (Å²) in [6.07, 6.45) is -2.01. The van der Waals surface area contributed by atoms with E-state index in [4.69, 9.17) is 28.4 Å². The lowest BCUT2D eigenvalue weighted by Gasteiger charge is -2.60. The van der Waals surface area contributed by atoms with E-state index in [0.717, 1.165) is 0 Å². The Balaban J connectivity index is 1.38. The van der Waals surface area contributed by atoms with E-state index in [-0.39, 0.29) is 60.9 Å². The van der Waals surface area contributed by atoms with E-state index in [1.165, 1.54) is 6.92 Å². The van der Waals surface area contributed by atoms with Gasteiger partial charge in [0.2, 0.25) is 5.78 Å². The number of fused-ring (bicyclic) bond motifs is 5. The van der Waals surface area contributed by atoms with Crippen LogP contribution in [0, 0.1) is 11.3 Å². The van der Waals surface area contributed by atoms with Crippen molar-refractivity contribution >= 4 is 29.6 Å². The number of esters is 3. The van der Waals surface area contributed by atoms with Gasteiger partial charge in [-0.3, -0.25) is 14.4 Å². The molecule has 338 valence electrons. The molecule has 2 aliphatic carbocycles. The minimum absolute atomic E-state index is 0.0343. The summed E-state index contributed by atoms with van der Waals surface area (Å²) >= 11 is 0. The van der Waals surface area contributed by atoms with Crippen LogP contribution in [-0.4, -0.2) is 102 Å². The molecule has 0 unspecified atom stereocenters. The number of aliphatic hydroxyl groups is 2. The van der Waals surface area contributed by atoms with E-state index in [9.17, 15) is 29.4 Å². The minimum atomic E-state index is -2.27. The fourth-order valence-electron chi connectivity index (χ4n) is 9.62. The van der Waals surface area contributed by atoms with Gasteiger partial charge in [-0.2, -0.15) is 0 Å². The molecule has 4 aliphatic rings. The summed E-state index contributed by atoms with van der Waals surface area (Å²) in [7, 11) is 0. The van der Waals surface area contributed by atoms with Gasteiger partial charge in [-0.05, 0) is 61.2 Å². The maximum Gasteiger partial charge on any atom is 0.338 e. The first-order valence-corrected chi connectivity index (χ1v) is 21.5. The first kappa shape index (κ1) is 46.1. The molecule has 2 aliphatic heterocycles. The Bertz CT molecular complexity index is 2320. The van der Waals surface area contributed by atoms with E-state index in [0.29, 0.717) is 17.5 Å². The van der Waals surface area contributed by atoms with E-state index < -0.39 is 89.0 Å². The first-order valence-electron chi connectivity index (χ1n) is 21.5. The highest BCUT2D eigenvalue weighted by atomic mass is 16.6. The highest BCUT2D eigenvalue weighted by Gasteiger charge is 2.70. The maximum absolute atomic E-state index is 15.4. The summed E-state index contributed by atoms with van der Waals surface area (Å²) in [5.74, 6) is -5.25. The molecule has 3 aromatic rings. The van der Waals surface area contributed by atoms with Gasteiger partial charge in [0.1, 0.15) is 23.9 Å². The third kappa shape index (κ3) is 8.79. The number of Topliss-reactive ketones (excluding diaryl/α,β-unsaturated/α-hetero) is 1. The van der Waals surface area contributed by atoms with Crippen LogP contribution < -0.4 is 5.32 Å². The number of hydrogen-bond donors (Lipinski definition) is 3. The van der Waals surface area contributed by atoms with Crippen molar-refractivity contribution in [3.05, 3.63) is 142 Å². The smallest absolute Gasteiger partial charge is 0.338 e. The molecule has 4 bridgehead atoms. The number of benzene rings is 3. The van der Waals surface area contributed by atoms with Gasteiger partial charge in [-0.15, -0.1) is 0 Å². The fourth-order valence-corrected chi connectivity index (χ4v) is 9.62. The van der Waals surface area contributed by atoms with Crippen LogP contribution in [0.4, 0.5) is 0 Å². The Kier molecular flexibility index (Phi) is 13.7. The van der Waals surface area contributed by atoms with Crippen LogP contribution in [0.5, 0.6) is 0 Å². The van der Waals surface area contributed by atoms with Crippen LogP contribution in [0.2, 0.25) is 0 Å². The predicted molar refractivity (Wildman–Crippen MR) is 231 cm³/mol. The predicted octanol–water partition coefficient (Wildman–Crippen LogP) is 5.69. The van der Waals surface area contributed by atoms with E-state index >= 15 is 4.79 Å². The zero-order valence-corrected chi connectivity index (χ0v) is 36.6. The number of ether oxygens (including phenoxy) is 6. The number of carbonyl (C=O) groups excluding carboxylic acids is 5. The number of aliphatic hydroxyl groups excluding tert-OH is 1. The molecule has 8 atom stereocenters. The fraction of sp³-hybridized carbons (Fsp3) is 0.420. The molecule has 1 fully saturated rings. The van der Waals surface area contributed by atoms with Crippen molar-refractivity contribution in [3.63, 3.8) is 0 Å². The normalized spacial score (nSPS) is 28.2. The van der Waals surface area contributed by atoms with Crippen molar-refractivity contribution in [2.75, 3.05) is 26.4 Å².